The fourth-order valence-corrected chi connectivity index (χ4v) is 1.09. The maximum absolute atomic E-state index is 11.3. The van der Waals surface area contributed by atoms with Crippen molar-refractivity contribution in [1.82, 2.24) is 0 Å². The highest BCUT2D eigenvalue weighted by atomic mass is 16.1. The van der Waals surface area contributed by atoms with Crippen LogP contribution in [0.25, 0.3) is 0 Å². The van der Waals surface area contributed by atoms with Crippen LogP contribution in [-0.2, 0) is 6.42 Å². The Balaban J connectivity index is 2.85. The predicted molar refractivity (Wildman–Crippen MR) is 53.5 cm³/mol. The summed E-state index contributed by atoms with van der Waals surface area (Å²) in [5.41, 5.74) is 7.03. The molecule has 1 aromatic carbocycles. The van der Waals surface area contributed by atoms with Crippen LogP contribution in [0.1, 0.15) is 22.8 Å². The highest BCUT2D eigenvalue weighted by Crippen LogP contribution is 2.05. The van der Waals surface area contributed by atoms with Gasteiger partial charge in [0.1, 0.15) is 0 Å². The number of carbonyl (C=O) groups is 1. The van der Waals surface area contributed by atoms with E-state index >= 15 is 0 Å². The van der Waals surface area contributed by atoms with Gasteiger partial charge in [-0.1, -0.05) is 31.2 Å². The van der Waals surface area contributed by atoms with Gasteiger partial charge in [0, 0.05) is 11.6 Å². The summed E-state index contributed by atoms with van der Waals surface area (Å²) in [4.78, 5) is 11.3. The van der Waals surface area contributed by atoms with Crippen LogP contribution < -0.4 is 5.73 Å². The van der Waals surface area contributed by atoms with Crippen LogP contribution in [-0.4, -0.2) is 5.78 Å². The summed E-state index contributed by atoms with van der Waals surface area (Å²) in [5.74, 6) is -0.0508. The monoisotopic (exact) mass is 175 g/mol. The van der Waals surface area contributed by atoms with E-state index in [-0.39, 0.29) is 5.78 Å². The molecule has 0 saturated carbocycles. The Labute approximate surface area is 78.1 Å². The van der Waals surface area contributed by atoms with E-state index in [1.807, 2.05) is 24.3 Å². The summed E-state index contributed by atoms with van der Waals surface area (Å²) in [6.45, 7) is 2.08. The standard InChI is InChI=1S/C11H13NO/c1-2-9-3-5-10(6-4-9)11(13)7-8-12/h3-8H,2,12H2,1H3. The first-order chi connectivity index (χ1) is 6.27. The van der Waals surface area contributed by atoms with Gasteiger partial charge in [0.05, 0.1) is 0 Å². The minimum atomic E-state index is -0.0508. The molecule has 0 spiro atoms. The molecule has 0 unspecified atom stereocenters. The average molecular weight is 175 g/mol. The number of ketones is 1. The number of rotatable bonds is 3. The normalized spacial score (nSPS) is 10.5. The molecule has 1 rings (SSSR count). The molecule has 0 amide bonds. The molecule has 0 saturated heterocycles. The number of allylic oxidation sites excluding steroid dienone is 1. The smallest absolute Gasteiger partial charge is 0.187 e. The van der Waals surface area contributed by atoms with Crippen molar-refractivity contribution < 1.29 is 4.79 Å². The van der Waals surface area contributed by atoms with Crippen LogP contribution in [0.3, 0.4) is 0 Å². The highest BCUT2D eigenvalue weighted by Gasteiger charge is 1.99. The maximum atomic E-state index is 11.3. The average Bonchev–Trinajstić information content (AvgIpc) is 2.18. The van der Waals surface area contributed by atoms with E-state index in [1.165, 1.54) is 17.8 Å². The fourth-order valence-electron chi connectivity index (χ4n) is 1.09. The molecular weight excluding hydrogens is 162 g/mol. The quantitative estimate of drug-likeness (QED) is 0.563. The first kappa shape index (κ1) is 9.52. The minimum absolute atomic E-state index is 0.0508. The van der Waals surface area contributed by atoms with Crippen molar-refractivity contribution in [2.24, 2.45) is 5.73 Å². The molecule has 0 aliphatic heterocycles. The van der Waals surface area contributed by atoms with Gasteiger partial charge < -0.3 is 5.73 Å². The van der Waals surface area contributed by atoms with E-state index in [1.54, 1.807) is 0 Å². The molecule has 68 valence electrons. The summed E-state index contributed by atoms with van der Waals surface area (Å²) in [7, 11) is 0. The van der Waals surface area contributed by atoms with Gasteiger partial charge in [0.2, 0.25) is 0 Å². The van der Waals surface area contributed by atoms with Gasteiger partial charge >= 0.3 is 0 Å². The van der Waals surface area contributed by atoms with Crippen molar-refractivity contribution in [2.75, 3.05) is 0 Å². The van der Waals surface area contributed by atoms with Gasteiger partial charge in [-0.05, 0) is 18.2 Å². The van der Waals surface area contributed by atoms with Crippen molar-refractivity contribution in [2.45, 2.75) is 13.3 Å². The third-order valence-corrected chi connectivity index (χ3v) is 1.89. The number of hydrogen-bond donors (Lipinski definition) is 1. The van der Waals surface area contributed by atoms with Gasteiger partial charge in [-0.15, -0.1) is 0 Å². The molecule has 2 N–H and O–H groups in total. The van der Waals surface area contributed by atoms with Crippen LogP contribution in [0, 0.1) is 0 Å². The fraction of sp³-hybridized carbons (Fsp3) is 0.182. The zero-order valence-electron chi connectivity index (χ0n) is 7.66. The third kappa shape index (κ3) is 2.44. The second kappa shape index (κ2) is 4.45. The lowest BCUT2D eigenvalue weighted by Gasteiger charge is -1.97. The van der Waals surface area contributed by atoms with E-state index in [4.69, 9.17) is 5.73 Å². The van der Waals surface area contributed by atoms with E-state index in [9.17, 15) is 4.79 Å². The van der Waals surface area contributed by atoms with E-state index in [0.29, 0.717) is 5.56 Å². The molecule has 2 nitrogen and oxygen atoms in total. The van der Waals surface area contributed by atoms with E-state index in [0.717, 1.165) is 6.42 Å². The Morgan fingerprint density at radius 3 is 2.46 bits per heavy atom. The zero-order valence-corrected chi connectivity index (χ0v) is 7.66. The summed E-state index contributed by atoms with van der Waals surface area (Å²) >= 11 is 0. The second-order valence-electron chi connectivity index (χ2n) is 2.77. The molecule has 0 aliphatic carbocycles. The van der Waals surface area contributed by atoms with Crippen LogP contribution in [0.4, 0.5) is 0 Å². The Kier molecular flexibility index (Phi) is 3.26. The van der Waals surface area contributed by atoms with Crippen molar-refractivity contribution in [3.63, 3.8) is 0 Å². The SMILES string of the molecule is CCc1ccc(C(=O)C=CN)cc1. The van der Waals surface area contributed by atoms with Crippen LogP contribution in [0.2, 0.25) is 0 Å². The van der Waals surface area contributed by atoms with Gasteiger partial charge in [-0.2, -0.15) is 0 Å². The number of nitrogens with two attached hydrogens (primary N) is 1. The molecule has 0 aliphatic rings. The van der Waals surface area contributed by atoms with Crippen LogP contribution in [0.5, 0.6) is 0 Å². The van der Waals surface area contributed by atoms with Crippen molar-refractivity contribution in [1.29, 1.82) is 0 Å². The Morgan fingerprint density at radius 2 is 2.00 bits per heavy atom. The molecule has 13 heavy (non-hydrogen) atoms. The van der Waals surface area contributed by atoms with Gasteiger partial charge in [0.25, 0.3) is 0 Å². The molecule has 1 aromatic rings. The summed E-state index contributed by atoms with van der Waals surface area (Å²) in [6.07, 6.45) is 3.61. The summed E-state index contributed by atoms with van der Waals surface area (Å²) in [5, 5.41) is 0. The van der Waals surface area contributed by atoms with E-state index < -0.39 is 0 Å². The Morgan fingerprint density at radius 1 is 1.38 bits per heavy atom. The Hall–Kier alpha value is -1.57. The predicted octanol–water partition coefficient (Wildman–Crippen LogP) is 1.90. The van der Waals surface area contributed by atoms with Crippen molar-refractivity contribution >= 4 is 5.78 Å². The topological polar surface area (TPSA) is 43.1 Å². The first-order valence-electron chi connectivity index (χ1n) is 4.29. The molecular formula is C11H13NO. The molecule has 0 bridgehead atoms. The molecule has 0 fully saturated rings. The lowest BCUT2D eigenvalue weighted by molar-refractivity contribution is 0.104. The van der Waals surface area contributed by atoms with Gasteiger partial charge in [0.15, 0.2) is 5.78 Å². The molecule has 0 heterocycles. The third-order valence-electron chi connectivity index (χ3n) is 1.89. The number of benzene rings is 1. The van der Waals surface area contributed by atoms with Crippen LogP contribution in [0.15, 0.2) is 36.5 Å². The van der Waals surface area contributed by atoms with E-state index in [2.05, 4.69) is 6.92 Å². The molecule has 2 heteroatoms. The summed E-state index contributed by atoms with van der Waals surface area (Å²) in [6, 6.07) is 7.55. The maximum Gasteiger partial charge on any atom is 0.187 e. The summed E-state index contributed by atoms with van der Waals surface area (Å²) < 4.78 is 0. The molecule has 0 aromatic heterocycles. The number of aryl methyl sites for hydroxylation is 1. The second-order valence-corrected chi connectivity index (χ2v) is 2.77. The number of hydrogen-bond acceptors (Lipinski definition) is 2. The molecule has 0 radical (unpaired) electrons. The van der Waals surface area contributed by atoms with Gasteiger partial charge in [-0.25, -0.2) is 0 Å². The highest BCUT2D eigenvalue weighted by molar-refractivity contribution is 6.04. The van der Waals surface area contributed by atoms with Crippen LogP contribution >= 0.6 is 0 Å². The number of carbonyl (C=O) groups excluding carboxylic acids is 1. The zero-order chi connectivity index (χ0) is 9.68. The minimum Gasteiger partial charge on any atom is -0.404 e. The first-order valence-corrected chi connectivity index (χ1v) is 4.29. The Bertz CT molecular complexity index is 311. The largest absolute Gasteiger partial charge is 0.404 e. The van der Waals surface area contributed by atoms with Crippen molar-refractivity contribution in [3.8, 4) is 0 Å². The van der Waals surface area contributed by atoms with Crippen molar-refractivity contribution in [3.05, 3.63) is 47.7 Å². The lowest BCUT2D eigenvalue weighted by Crippen LogP contribution is -1.95. The van der Waals surface area contributed by atoms with Gasteiger partial charge in [-0.3, -0.25) is 4.79 Å². The molecule has 0 atom stereocenters. The lowest BCUT2D eigenvalue weighted by atomic mass is 10.1.